The molecule has 0 bridgehead atoms. The quantitative estimate of drug-likeness (QED) is 0.756. The van der Waals surface area contributed by atoms with Crippen LogP contribution in [0.4, 0.5) is 13.2 Å². The van der Waals surface area contributed by atoms with Gasteiger partial charge in [0.2, 0.25) is 0 Å². The van der Waals surface area contributed by atoms with Crippen LogP contribution < -0.4 is 0 Å². The van der Waals surface area contributed by atoms with E-state index in [1.807, 2.05) is 0 Å². The first-order valence-electron chi connectivity index (χ1n) is 5.04. The molecule has 0 aliphatic heterocycles. The van der Waals surface area contributed by atoms with Gasteiger partial charge in [-0.2, -0.15) is 0 Å². The minimum atomic E-state index is -2.49. The fourth-order valence-corrected chi connectivity index (χ4v) is 1.49. The molecular weight excluding hydrogens is 217 g/mol. The molecule has 4 heteroatoms. The van der Waals surface area contributed by atoms with Gasteiger partial charge in [0, 0.05) is 5.41 Å². The molecule has 0 N–H and O–H groups in total. The standard InChI is InChI=1S/C12H15F3O/c1-12(2,8-16-7-11(14)15)9-5-3-4-6-10(9)13/h3-6,11H,7-8H2,1-2H3. The summed E-state index contributed by atoms with van der Waals surface area (Å²) in [7, 11) is 0. The molecule has 0 saturated heterocycles. The van der Waals surface area contributed by atoms with E-state index in [9.17, 15) is 13.2 Å². The van der Waals surface area contributed by atoms with E-state index >= 15 is 0 Å². The van der Waals surface area contributed by atoms with E-state index < -0.39 is 18.4 Å². The monoisotopic (exact) mass is 232 g/mol. The zero-order chi connectivity index (χ0) is 12.2. The largest absolute Gasteiger partial charge is 0.375 e. The molecule has 0 atom stereocenters. The number of hydrogen-bond acceptors (Lipinski definition) is 1. The number of benzene rings is 1. The summed E-state index contributed by atoms with van der Waals surface area (Å²) < 4.78 is 42.1. The highest BCUT2D eigenvalue weighted by Gasteiger charge is 2.24. The molecule has 0 radical (unpaired) electrons. The normalized spacial score (nSPS) is 12.1. The van der Waals surface area contributed by atoms with Gasteiger partial charge in [-0.3, -0.25) is 0 Å². The third-order valence-corrected chi connectivity index (χ3v) is 2.31. The molecule has 1 nitrogen and oxygen atoms in total. The number of halogens is 3. The third kappa shape index (κ3) is 3.52. The highest BCUT2D eigenvalue weighted by atomic mass is 19.3. The summed E-state index contributed by atoms with van der Waals surface area (Å²) in [5, 5.41) is 0. The third-order valence-electron chi connectivity index (χ3n) is 2.31. The molecular formula is C12H15F3O. The van der Waals surface area contributed by atoms with Crippen molar-refractivity contribution in [1.82, 2.24) is 0 Å². The molecule has 0 amide bonds. The molecule has 0 saturated carbocycles. The lowest BCUT2D eigenvalue weighted by molar-refractivity contribution is 0.00150. The van der Waals surface area contributed by atoms with Crippen LogP contribution in [0.1, 0.15) is 19.4 Å². The maximum Gasteiger partial charge on any atom is 0.261 e. The maximum atomic E-state index is 13.5. The van der Waals surface area contributed by atoms with Crippen LogP contribution in [0.3, 0.4) is 0 Å². The summed E-state index contributed by atoms with van der Waals surface area (Å²) in [6, 6.07) is 6.30. The van der Waals surface area contributed by atoms with Crippen molar-refractivity contribution in [2.24, 2.45) is 0 Å². The first kappa shape index (κ1) is 13.0. The lowest BCUT2D eigenvalue weighted by Gasteiger charge is -2.25. The topological polar surface area (TPSA) is 9.23 Å². The van der Waals surface area contributed by atoms with Gasteiger partial charge in [-0.1, -0.05) is 32.0 Å². The van der Waals surface area contributed by atoms with Gasteiger partial charge >= 0.3 is 0 Å². The molecule has 0 aliphatic carbocycles. The van der Waals surface area contributed by atoms with Gasteiger partial charge in [-0.05, 0) is 11.6 Å². The van der Waals surface area contributed by atoms with E-state index in [2.05, 4.69) is 0 Å². The van der Waals surface area contributed by atoms with Crippen LogP contribution in [0, 0.1) is 5.82 Å². The van der Waals surface area contributed by atoms with Crippen molar-refractivity contribution in [3.8, 4) is 0 Å². The van der Waals surface area contributed by atoms with Gasteiger partial charge in [0.15, 0.2) is 0 Å². The van der Waals surface area contributed by atoms with E-state index in [1.54, 1.807) is 32.0 Å². The number of ether oxygens (including phenoxy) is 1. The van der Waals surface area contributed by atoms with E-state index in [1.165, 1.54) is 6.07 Å². The van der Waals surface area contributed by atoms with Crippen LogP contribution in [0.25, 0.3) is 0 Å². The lowest BCUT2D eigenvalue weighted by atomic mass is 9.85. The SMILES string of the molecule is CC(C)(COCC(F)F)c1ccccc1F. The second kappa shape index (κ2) is 5.34. The maximum absolute atomic E-state index is 13.5. The fourth-order valence-electron chi connectivity index (χ4n) is 1.49. The lowest BCUT2D eigenvalue weighted by Crippen LogP contribution is -2.26. The van der Waals surface area contributed by atoms with Gasteiger partial charge in [0.25, 0.3) is 6.43 Å². The Morgan fingerprint density at radius 2 is 1.88 bits per heavy atom. The molecule has 0 heterocycles. The molecule has 1 aromatic rings. The Kier molecular flexibility index (Phi) is 4.35. The predicted molar refractivity (Wildman–Crippen MR) is 56.2 cm³/mol. The minimum Gasteiger partial charge on any atom is -0.375 e. The van der Waals surface area contributed by atoms with Crippen molar-refractivity contribution in [2.45, 2.75) is 25.7 Å². The van der Waals surface area contributed by atoms with Crippen LogP contribution in [0.2, 0.25) is 0 Å². The molecule has 0 spiro atoms. The van der Waals surface area contributed by atoms with E-state index in [0.29, 0.717) is 5.56 Å². The van der Waals surface area contributed by atoms with Crippen molar-refractivity contribution < 1.29 is 17.9 Å². The molecule has 0 fully saturated rings. The molecule has 16 heavy (non-hydrogen) atoms. The second-order valence-corrected chi connectivity index (χ2v) is 4.27. The number of hydrogen-bond donors (Lipinski definition) is 0. The summed E-state index contributed by atoms with van der Waals surface area (Å²) >= 11 is 0. The van der Waals surface area contributed by atoms with Crippen LogP contribution >= 0.6 is 0 Å². The smallest absolute Gasteiger partial charge is 0.261 e. The van der Waals surface area contributed by atoms with Crippen LogP contribution in [-0.4, -0.2) is 19.6 Å². The zero-order valence-electron chi connectivity index (χ0n) is 9.34. The second-order valence-electron chi connectivity index (χ2n) is 4.27. The molecule has 1 rings (SSSR count). The molecule has 0 unspecified atom stereocenters. The van der Waals surface area contributed by atoms with Crippen LogP contribution in [0.5, 0.6) is 0 Å². The summed E-state index contributed by atoms with van der Waals surface area (Å²) in [4.78, 5) is 0. The average molecular weight is 232 g/mol. The molecule has 0 aliphatic rings. The van der Waals surface area contributed by atoms with Crippen molar-refractivity contribution in [1.29, 1.82) is 0 Å². The van der Waals surface area contributed by atoms with Crippen molar-refractivity contribution >= 4 is 0 Å². The average Bonchev–Trinajstić information content (AvgIpc) is 2.17. The summed E-state index contributed by atoms with van der Waals surface area (Å²) in [6.07, 6.45) is -2.49. The molecule has 90 valence electrons. The minimum absolute atomic E-state index is 0.0677. The van der Waals surface area contributed by atoms with Gasteiger partial charge in [0.1, 0.15) is 12.4 Å². The molecule has 1 aromatic carbocycles. The van der Waals surface area contributed by atoms with Crippen molar-refractivity contribution in [2.75, 3.05) is 13.2 Å². The zero-order valence-corrected chi connectivity index (χ0v) is 9.34. The Morgan fingerprint density at radius 1 is 1.25 bits per heavy atom. The highest BCUT2D eigenvalue weighted by Crippen LogP contribution is 2.25. The Bertz CT molecular complexity index is 337. The molecule has 0 aromatic heterocycles. The first-order valence-corrected chi connectivity index (χ1v) is 5.04. The first-order chi connectivity index (χ1) is 7.43. The van der Waals surface area contributed by atoms with Gasteiger partial charge in [-0.25, -0.2) is 13.2 Å². The van der Waals surface area contributed by atoms with Crippen molar-refractivity contribution in [3.05, 3.63) is 35.6 Å². The van der Waals surface area contributed by atoms with Gasteiger partial charge in [0.05, 0.1) is 6.61 Å². The van der Waals surface area contributed by atoms with Crippen LogP contribution in [0.15, 0.2) is 24.3 Å². The van der Waals surface area contributed by atoms with Crippen LogP contribution in [-0.2, 0) is 10.2 Å². The van der Waals surface area contributed by atoms with Gasteiger partial charge in [-0.15, -0.1) is 0 Å². The fraction of sp³-hybridized carbons (Fsp3) is 0.500. The Labute approximate surface area is 93.2 Å². The Morgan fingerprint density at radius 3 is 2.44 bits per heavy atom. The van der Waals surface area contributed by atoms with E-state index in [4.69, 9.17) is 4.74 Å². The summed E-state index contributed by atoms with van der Waals surface area (Å²) in [5.41, 5.74) is -0.135. The van der Waals surface area contributed by atoms with Gasteiger partial charge < -0.3 is 4.74 Å². The van der Waals surface area contributed by atoms with Crippen molar-refractivity contribution in [3.63, 3.8) is 0 Å². The highest BCUT2D eigenvalue weighted by molar-refractivity contribution is 5.25. The van der Waals surface area contributed by atoms with E-state index in [0.717, 1.165) is 0 Å². The summed E-state index contributed by atoms with van der Waals surface area (Å²) in [6.45, 7) is 2.98. The predicted octanol–water partition coefficient (Wildman–Crippen LogP) is 3.39. The Hall–Kier alpha value is -1.03. The number of alkyl halides is 2. The number of rotatable bonds is 5. The summed E-state index contributed by atoms with van der Waals surface area (Å²) in [5.74, 6) is -0.340. The Balaban J connectivity index is 2.66. The van der Waals surface area contributed by atoms with E-state index in [-0.39, 0.29) is 12.4 Å².